The van der Waals surface area contributed by atoms with E-state index in [2.05, 4.69) is 6.92 Å². The fourth-order valence-corrected chi connectivity index (χ4v) is 2.71. The van der Waals surface area contributed by atoms with Gasteiger partial charge in [-0.3, -0.25) is 0 Å². The molecule has 0 saturated heterocycles. The Kier molecular flexibility index (Phi) is 4.20. The first kappa shape index (κ1) is 15.0. The summed E-state index contributed by atoms with van der Waals surface area (Å²) >= 11 is 0. The Bertz CT molecular complexity index is 477. The minimum Gasteiger partial charge on any atom is -0.327 e. The third-order valence-corrected chi connectivity index (χ3v) is 4.21. The standard InChI is InChI=1S/C14H20N5/c1-5-6-7-19(14(8-15,9-16)10-17)11-18(4)12(2)13(19)3/h5-7,11H2,1-4H3/q+1. The van der Waals surface area contributed by atoms with Crippen molar-refractivity contribution in [3.05, 3.63) is 11.4 Å². The predicted molar refractivity (Wildman–Crippen MR) is 70.6 cm³/mol. The molecule has 1 aliphatic heterocycles. The maximum Gasteiger partial charge on any atom is 0.364 e. The van der Waals surface area contributed by atoms with Crippen LogP contribution in [0.3, 0.4) is 0 Å². The molecule has 1 aliphatic rings. The Balaban J connectivity index is 3.46. The molecule has 0 aliphatic carbocycles. The average molecular weight is 258 g/mol. The van der Waals surface area contributed by atoms with Gasteiger partial charge in [-0.15, -0.1) is 0 Å². The highest BCUT2D eigenvalue weighted by atomic mass is 15.5. The molecule has 0 fully saturated rings. The number of nitriles is 3. The first-order valence-corrected chi connectivity index (χ1v) is 6.44. The van der Waals surface area contributed by atoms with E-state index < -0.39 is 5.54 Å². The highest BCUT2D eigenvalue weighted by molar-refractivity contribution is 5.32. The van der Waals surface area contributed by atoms with Gasteiger partial charge in [-0.25, -0.2) is 4.48 Å². The fourth-order valence-electron chi connectivity index (χ4n) is 2.71. The van der Waals surface area contributed by atoms with E-state index >= 15 is 0 Å². The molecular formula is C14H20N5+. The van der Waals surface area contributed by atoms with Crippen molar-refractivity contribution in [2.24, 2.45) is 0 Å². The number of allylic oxidation sites excluding steroid dienone is 2. The zero-order valence-electron chi connectivity index (χ0n) is 12.1. The molecular weight excluding hydrogens is 238 g/mol. The molecule has 0 aromatic carbocycles. The van der Waals surface area contributed by atoms with E-state index in [4.69, 9.17) is 0 Å². The first-order chi connectivity index (χ1) is 8.94. The van der Waals surface area contributed by atoms with Crippen LogP contribution in [-0.2, 0) is 0 Å². The lowest BCUT2D eigenvalue weighted by atomic mass is 9.97. The second kappa shape index (κ2) is 5.31. The van der Waals surface area contributed by atoms with Crippen molar-refractivity contribution in [3.63, 3.8) is 0 Å². The average Bonchev–Trinajstić information content (AvgIpc) is 2.65. The van der Waals surface area contributed by atoms with Crippen LogP contribution in [0.2, 0.25) is 0 Å². The topological polar surface area (TPSA) is 74.6 Å². The van der Waals surface area contributed by atoms with Crippen LogP contribution in [0, 0.1) is 34.0 Å². The third kappa shape index (κ3) is 1.95. The molecule has 0 amide bonds. The number of rotatable bonds is 4. The Hall–Kier alpha value is -2.03. The lowest BCUT2D eigenvalue weighted by Gasteiger charge is -2.39. The van der Waals surface area contributed by atoms with Gasteiger partial charge in [0.25, 0.3) is 0 Å². The number of hydrogen-bond donors (Lipinski definition) is 0. The summed E-state index contributed by atoms with van der Waals surface area (Å²) in [6, 6.07) is 5.90. The van der Waals surface area contributed by atoms with Gasteiger partial charge in [0.2, 0.25) is 0 Å². The largest absolute Gasteiger partial charge is 0.364 e. The van der Waals surface area contributed by atoms with Crippen molar-refractivity contribution in [3.8, 4) is 18.2 Å². The number of hydrogen-bond acceptors (Lipinski definition) is 4. The van der Waals surface area contributed by atoms with Crippen molar-refractivity contribution < 1.29 is 4.48 Å². The fraction of sp³-hybridized carbons (Fsp3) is 0.643. The first-order valence-electron chi connectivity index (χ1n) is 6.44. The molecule has 19 heavy (non-hydrogen) atoms. The molecule has 1 rings (SSSR count). The monoisotopic (exact) mass is 258 g/mol. The Morgan fingerprint density at radius 1 is 1.21 bits per heavy atom. The molecule has 1 unspecified atom stereocenters. The van der Waals surface area contributed by atoms with Crippen molar-refractivity contribution in [1.82, 2.24) is 4.90 Å². The van der Waals surface area contributed by atoms with E-state index in [1.807, 2.05) is 44.0 Å². The smallest absolute Gasteiger partial charge is 0.327 e. The summed E-state index contributed by atoms with van der Waals surface area (Å²) in [7, 11) is 1.93. The van der Waals surface area contributed by atoms with E-state index in [-0.39, 0.29) is 4.48 Å². The van der Waals surface area contributed by atoms with Crippen LogP contribution < -0.4 is 0 Å². The van der Waals surface area contributed by atoms with Crippen LogP contribution in [0.4, 0.5) is 0 Å². The zero-order chi connectivity index (χ0) is 14.7. The molecule has 0 N–H and O–H groups in total. The normalized spacial score (nSPS) is 22.9. The van der Waals surface area contributed by atoms with E-state index in [0.29, 0.717) is 13.2 Å². The van der Waals surface area contributed by atoms with Crippen LogP contribution in [0.5, 0.6) is 0 Å². The summed E-state index contributed by atoms with van der Waals surface area (Å²) in [4.78, 5) is 2.02. The highest BCUT2D eigenvalue weighted by Gasteiger charge is 2.58. The molecule has 1 heterocycles. The summed E-state index contributed by atoms with van der Waals surface area (Å²) in [6.07, 6.45) is 1.85. The van der Waals surface area contributed by atoms with Crippen molar-refractivity contribution in [2.45, 2.75) is 39.2 Å². The van der Waals surface area contributed by atoms with Crippen LogP contribution in [0.25, 0.3) is 0 Å². The molecule has 1 atom stereocenters. The maximum atomic E-state index is 9.44. The van der Waals surface area contributed by atoms with E-state index in [9.17, 15) is 15.8 Å². The molecule has 5 heteroatoms. The Morgan fingerprint density at radius 3 is 2.05 bits per heavy atom. The molecule has 0 aromatic heterocycles. The molecule has 0 radical (unpaired) electrons. The molecule has 0 bridgehead atoms. The summed E-state index contributed by atoms with van der Waals surface area (Å²) in [5.41, 5.74) is 0.326. The van der Waals surface area contributed by atoms with Gasteiger partial charge >= 0.3 is 5.54 Å². The van der Waals surface area contributed by atoms with Crippen molar-refractivity contribution >= 4 is 0 Å². The predicted octanol–water partition coefficient (Wildman–Crippen LogP) is 2.07. The number of nitrogens with zero attached hydrogens (tertiary/aromatic N) is 5. The van der Waals surface area contributed by atoms with Gasteiger partial charge in [0.05, 0.1) is 12.2 Å². The van der Waals surface area contributed by atoms with E-state index in [1.165, 1.54) is 0 Å². The molecule has 0 saturated carbocycles. The van der Waals surface area contributed by atoms with Crippen molar-refractivity contribution in [2.75, 3.05) is 20.3 Å². The third-order valence-electron chi connectivity index (χ3n) is 4.21. The quantitative estimate of drug-likeness (QED) is 0.723. The lowest BCUT2D eigenvalue weighted by Crippen LogP contribution is -2.62. The molecule has 100 valence electrons. The number of unbranched alkanes of at least 4 members (excludes halogenated alkanes) is 1. The molecule has 0 aromatic rings. The van der Waals surface area contributed by atoms with Crippen LogP contribution in [0.1, 0.15) is 33.6 Å². The maximum absolute atomic E-state index is 9.44. The highest BCUT2D eigenvalue weighted by Crippen LogP contribution is 2.39. The van der Waals surface area contributed by atoms with Crippen LogP contribution in [-0.4, -0.2) is 35.2 Å². The van der Waals surface area contributed by atoms with Gasteiger partial charge in [0.15, 0.2) is 24.9 Å². The van der Waals surface area contributed by atoms with Gasteiger partial charge < -0.3 is 4.90 Å². The summed E-state index contributed by atoms with van der Waals surface area (Å²) in [5, 5.41) is 28.3. The second-order valence-corrected chi connectivity index (χ2v) is 5.10. The van der Waals surface area contributed by atoms with E-state index in [1.54, 1.807) is 0 Å². The molecule has 5 nitrogen and oxygen atoms in total. The van der Waals surface area contributed by atoms with Gasteiger partial charge in [-0.05, 0) is 13.3 Å². The second-order valence-electron chi connectivity index (χ2n) is 5.10. The lowest BCUT2D eigenvalue weighted by molar-refractivity contribution is -0.918. The summed E-state index contributed by atoms with van der Waals surface area (Å²) < 4.78 is 0.132. The zero-order valence-corrected chi connectivity index (χ0v) is 12.1. The van der Waals surface area contributed by atoms with Crippen LogP contribution in [0.15, 0.2) is 11.4 Å². The minimum absolute atomic E-state index is 0.132. The number of quaternary nitrogens is 1. The summed E-state index contributed by atoms with van der Waals surface area (Å²) in [5.74, 6) is 0. The van der Waals surface area contributed by atoms with Gasteiger partial charge in [0.1, 0.15) is 5.70 Å². The summed E-state index contributed by atoms with van der Waals surface area (Å²) in [6.45, 7) is 7.10. The van der Waals surface area contributed by atoms with Gasteiger partial charge in [-0.2, -0.15) is 15.8 Å². The van der Waals surface area contributed by atoms with Gasteiger partial charge in [0, 0.05) is 14.0 Å². The Labute approximate surface area is 115 Å². The van der Waals surface area contributed by atoms with Crippen LogP contribution >= 0.6 is 0 Å². The minimum atomic E-state index is -1.66. The van der Waals surface area contributed by atoms with Crippen molar-refractivity contribution in [1.29, 1.82) is 15.8 Å². The SMILES string of the molecule is CCCC[N+]1(C(C#N)(C#N)C#N)CN(C)C(C)=C1C. The Morgan fingerprint density at radius 2 is 1.74 bits per heavy atom. The van der Waals surface area contributed by atoms with E-state index in [0.717, 1.165) is 24.2 Å². The molecule has 0 spiro atoms. The van der Waals surface area contributed by atoms with Gasteiger partial charge in [-0.1, -0.05) is 13.3 Å².